The van der Waals surface area contributed by atoms with Crippen LogP contribution in [0.15, 0.2) is 17.0 Å². The number of nitrogens with one attached hydrogen (secondary N) is 1. The van der Waals surface area contributed by atoms with Gasteiger partial charge in [0.05, 0.1) is 4.90 Å². The van der Waals surface area contributed by atoms with Gasteiger partial charge in [0.2, 0.25) is 16.8 Å². The van der Waals surface area contributed by atoms with Gasteiger partial charge in [-0.2, -0.15) is 0 Å². The molecular formula is C10H15ClN2O4S. The molecule has 0 fully saturated rings. The van der Waals surface area contributed by atoms with E-state index in [0.29, 0.717) is 17.1 Å². The quantitative estimate of drug-likeness (QED) is 0.838. The zero-order valence-corrected chi connectivity index (χ0v) is 11.4. The molecule has 1 aliphatic rings. The van der Waals surface area contributed by atoms with Crippen molar-refractivity contribution in [2.75, 3.05) is 19.9 Å². The van der Waals surface area contributed by atoms with Crippen LogP contribution in [0.2, 0.25) is 0 Å². The molecule has 0 radical (unpaired) electrons. The van der Waals surface area contributed by atoms with Crippen LogP contribution in [0.5, 0.6) is 11.5 Å². The smallest absolute Gasteiger partial charge is 0.241 e. The summed E-state index contributed by atoms with van der Waals surface area (Å²) in [6, 6.07) is 3.12. The average molecular weight is 295 g/mol. The molecule has 102 valence electrons. The lowest BCUT2D eigenvalue weighted by Gasteiger charge is -2.09. The van der Waals surface area contributed by atoms with Crippen LogP contribution in [0, 0.1) is 6.92 Å². The highest BCUT2D eigenvalue weighted by Gasteiger charge is 2.22. The second-order valence-electron chi connectivity index (χ2n) is 3.66. The molecule has 0 aliphatic carbocycles. The van der Waals surface area contributed by atoms with E-state index in [1.807, 2.05) is 0 Å². The Balaban J connectivity index is 0.00000162. The van der Waals surface area contributed by atoms with Crippen LogP contribution in [0.4, 0.5) is 0 Å². The van der Waals surface area contributed by atoms with Crippen molar-refractivity contribution in [2.24, 2.45) is 5.73 Å². The Hall–Kier alpha value is -1.02. The van der Waals surface area contributed by atoms with E-state index in [4.69, 9.17) is 15.2 Å². The number of fused-ring (bicyclic) bond motifs is 1. The van der Waals surface area contributed by atoms with Gasteiger partial charge in [-0.05, 0) is 18.6 Å². The molecule has 6 nitrogen and oxygen atoms in total. The van der Waals surface area contributed by atoms with Crippen LogP contribution in [0.3, 0.4) is 0 Å². The molecule has 2 rings (SSSR count). The summed E-state index contributed by atoms with van der Waals surface area (Å²) >= 11 is 0. The van der Waals surface area contributed by atoms with Crippen molar-refractivity contribution >= 4 is 22.4 Å². The Morgan fingerprint density at radius 3 is 2.56 bits per heavy atom. The molecule has 3 N–H and O–H groups in total. The van der Waals surface area contributed by atoms with Gasteiger partial charge in [-0.15, -0.1) is 12.4 Å². The standard InChI is InChI=1S/C10H14N2O4S.ClH/c1-7-4-8-9(16-6-15-8)5-10(7)17(13,14)12-3-2-11;/h4-5,12H,2-3,6,11H2,1H3;1H. The third-order valence-electron chi connectivity index (χ3n) is 2.40. The molecule has 1 aromatic carbocycles. The van der Waals surface area contributed by atoms with Gasteiger partial charge in [0.1, 0.15) is 0 Å². The Bertz CT molecular complexity index is 533. The van der Waals surface area contributed by atoms with Crippen molar-refractivity contribution in [3.63, 3.8) is 0 Å². The summed E-state index contributed by atoms with van der Waals surface area (Å²) in [6.07, 6.45) is 0. The first-order valence-electron chi connectivity index (χ1n) is 5.14. The second kappa shape index (κ2) is 5.75. The molecule has 0 saturated heterocycles. The SMILES string of the molecule is Cc1cc2c(cc1S(=O)(=O)NCCN)OCO2.Cl. The van der Waals surface area contributed by atoms with Crippen LogP contribution in [0.1, 0.15) is 5.56 Å². The normalized spacial score (nSPS) is 13.2. The fourth-order valence-electron chi connectivity index (χ4n) is 1.59. The van der Waals surface area contributed by atoms with E-state index in [9.17, 15) is 8.42 Å². The van der Waals surface area contributed by atoms with Gasteiger partial charge in [-0.25, -0.2) is 13.1 Å². The van der Waals surface area contributed by atoms with Gasteiger partial charge in [0.25, 0.3) is 0 Å². The number of benzene rings is 1. The van der Waals surface area contributed by atoms with Crippen LogP contribution >= 0.6 is 12.4 Å². The Kier molecular flexibility index (Phi) is 4.80. The molecule has 0 bridgehead atoms. The number of hydrogen-bond donors (Lipinski definition) is 2. The molecule has 0 amide bonds. The van der Waals surface area contributed by atoms with Gasteiger partial charge in [-0.3, -0.25) is 0 Å². The van der Waals surface area contributed by atoms with Gasteiger partial charge >= 0.3 is 0 Å². The van der Waals surface area contributed by atoms with Gasteiger partial charge in [0.15, 0.2) is 11.5 Å². The molecule has 1 aromatic rings. The first kappa shape index (κ1) is 15.0. The van der Waals surface area contributed by atoms with Gasteiger partial charge < -0.3 is 15.2 Å². The summed E-state index contributed by atoms with van der Waals surface area (Å²) in [6.45, 7) is 2.28. The molecule has 1 heterocycles. The summed E-state index contributed by atoms with van der Waals surface area (Å²) in [5.74, 6) is 1.02. The van der Waals surface area contributed by atoms with E-state index >= 15 is 0 Å². The van der Waals surface area contributed by atoms with Crippen LogP contribution in [-0.4, -0.2) is 28.3 Å². The maximum Gasteiger partial charge on any atom is 0.241 e. The average Bonchev–Trinajstić information content (AvgIpc) is 2.72. The van der Waals surface area contributed by atoms with E-state index in [2.05, 4.69) is 4.72 Å². The summed E-state index contributed by atoms with van der Waals surface area (Å²) in [7, 11) is -3.54. The van der Waals surface area contributed by atoms with Crippen LogP contribution in [0.25, 0.3) is 0 Å². The molecule has 8 heteroatoms. The summed E-state index contributed by atoms with van der Waals surface area (Å²) < 4.78 is 36.6. The largest absolute Gasteiger partial charge is 0.454 e. The van der Waals surface area contributed by atoms with E-state index in [-0.39, 0.29) is 37.2 Å². The number of ether oxygens (including phenoxy) is 2. The van der Waals surface area contributed by atoms with Crippen LogP contribution in [-0.2, 0) is 10.0 Å². The number of aryl methyl sites for hydroxylation is 1. The predicted octanol–water partition coefficient (Wildman–Crippen LogP) is 0.383. The lowest BCUT2D eigenvalue weighted by atomic mass is 10.2. The molecule has 0 atom stereocenters. The number of nitrogens with two attached hydrogens (primary N) is 1. The highest BCUT2D eigenvalue weighted by atomic mass is 35.5. The fraction of sp³-hybridized carbons (Fsp3) is 0.400. The van der Waals surface area contributed by atoms with Gasteiger partial charge in [0, 0.05) is 19.2 Å². The van der Waals surface area contributed by atoms with Crippen molar-refractivity contribution in [3.8, 4) is 11.5 Å². The molecule has 0 aromatic heterocycles. The zero-order valence-electron chi connectivity index (χ0n) is 9.80. The van der Waals surface area contributed by atoms with Crippen molar-refractivity contribution in [2.45, 2.75) is 11.8 Å². The highest BCUT2D eigenvalue weighted by molar-refractivity contribution is 7.89. The Labute approximate surface area is 112 Å². The number of halogens is 1. The Morgan fingerprint density at radius 2 is 1.94 bits per heavy atom. The molecule has 18 heavy (non-hydrogen) atoms. The minimum absolute atomic E-state index is 0. The van der Waals surface area contributed by atoms with Crippen LogP contribution < -0.4 is 19.9 Å². The Morgan fingerprint density at radius 1 is 1.33 bits per heavy atom. The topological polar surface area (TPSA) is 90.7 Å². The summed E-state index contributed by atoms with van der Waals surface area (Å²) in [5, 5.41) is 0. The maximum absolute atomic E-state index is 11.9. The molecule has 0 saturated carbocycles. The molecule has 0 spiro atoms. The van der Waals surface area contributed by atoms with E-state index in [1.54, 1.807) is 13.0 Å². The number of rotatable bonds is 4. The molecule has 0 unspecified atom stereocenters. The van der Waals surface area contributed by atoms with Crippen molar-refractivity contribution in [1.29, 1.82) is 0 Å². The maximum atomic E-state index is 11.9. The van der Waals surface area contributed by atoms with Crippen molar-refractivity contribution in [1.82, 2.24) is 4.72 Å². The highest BCUT2D eigenvalue weighted by Crippen LogP contribution is 2.35. The molecule has 1 aliphatic heterocycles. The third-order valence-corrected chi connectivity index (χ3v) is 4.00. The van der Waals surface area contributed by atoms with Crippen molar-refractivity contribution in [3.05, 3.63) is 17.7 Å². The van der Waals surface area contributed by atoms with E-state index < -0.39 is 10.0 Å². The lowest BCUT2D eigenvalue weighted by molar-refractivity contribution is 0.174. The van der Waals surface area contributed by atoms with E-state index in [0.717, 1.165) is 0 Å². The first-order valence-corrected chi connectivity index (χ1v) is 6.63. The fourth-order valence-corrected chi connectivity index (χ4v) is 2.87. The van der Waals surface area contributed by atoms with Crippen molar-refractivity contribution < 1.29 is 17.9 Å². The summed E-state index contributed by atoms with van der Waals surface area (Å²) in [5.41, 5.74) is 5.88. The second-order valence-corrected chi connectivity index (χ2v) is 5.39. The monoisotopic (exact) mass is 294 g/mol. The number of sulfonamides is 1. The molecular weight excluding hydrogens is 280 g/mol. The lowest BCUT2D eigenvalue weighted by Crippen LogP contribution is -2.29. The predicted molar refractivity (Wildman–Crippen MR) is 68.8 cm³/mol. The van der Waals surface area contributed by atoms with Gasteiger partial charge in [-0.1, -0.05) is 0 Å². The number of hydrogen-bond acceptors (Lipinski definition) is 5. The minimum atomic E-state index is -3.54. The minimum Gasteiger partial charge on any atom is -0.454 e. The third kappa shape index (κ3) is 2.86. The zero-order chi connectivity index (χ0) is 12.5. The van der Waals surface area contributed by atoms with E-state index in [1.165, 1.54) is 6.07 Å². The first-order chi connectivity index (χ1) is 8.04. The summed E-state index contributed by atoms with van der Waals surface area (Å²) in [4.78, 5) is 0.190.